The summed E-state index contributed by atoms with van der Waals surface area (Å²) < 4.78 is 27.4. The highest BCUT2D eigenvalue weighted by atomic mass is 16.5. The summed E-state index contributed by atoms with van der Waals surface area (Å²) in [6.45, 7) is 5.62. The first-order valence-corrected chi connectivity index (χ1v) is 11.2. The van der Waals surface area contributed by atoms with Gasteiger partial charge in [-0.25, -0.2) is 9.59 Å². The maximum atomic E-state index is 9.10. The zero-order valence-electron chi connectivity index (χ0n) is 21.3. The van der Waals surface area contributed by atoms with E-state index in [0.29, 0.717) is 11.5 Å². The Balaban J connectivity index is 0.000000678. The Morgan fingerprint density at radius 2 is 1.17 bits per heavy atom. The largest absolute Gasteiger partial charge is 0.497 e. The van der Waals surface area contributed by atoms with Crippen molar-refractivity contribution in [2.45, 2.75) is 13.1 Å². The predicted octanol–water partition coefficient (Wildman–Crippen LogP) is 2.20. The molecule has 3 rings (SSSR count). The monoisotopic (exact) mass is 506 g/mol. The first-order valence-electron chi connectivity index (χ1n) is 11.2. The van der Waals surface area contributed by atoms with Crippen molar-refractivity contribution in [3.05, 3.63) is 41.5 Å². The Morgan fingerprint density at radius 3 is 1.61 bits per heavy atom. The summed E-state index contributed by atoms with van der Waals surface area (Å²) in [5.41, 5.74) is 2.27. The number of methoxy groups -OCH3 is 5. The van der Waals surface area contributed by atoms with E-state index in [2.05, 4.69) is 21.9 Å². The molecule has 0 aliphatic carbocycles. The van der Waals surface area contributed by atoms with Crippen LogP contribution < -0.4 is 23.7 Å². The van der Waals surface area contributed by atoms with Crippen LogP contribution in [0.2, 0.25) is 0 Å². The van der Waals surface area contributed by atoms with Gasteiger partial charge in [-0.3, -0.25) is 9.80 Å². The van der Waals surface area contributed by atoms with Crippen molar-refractivity contribution < 1.29 is 43.5 Å². The summed E-state index contributed by atoms with van der Waals surface area (Å²) in [4.78, 5) is 23.1. The molecule has 198 valence electrons. The number of carboxylic acids is 2. The molecule has 1 fully saturated rings. The second kappa shape index (κ2) is 14.0. The number of ether oxygens (including phenoxy) is 5. The molecule has 0 aromatic heterocycles. The van der Waals surface area contributed by atoms with Crippen LogP contribution in [0.4, 0.5) is 0 Å². The quantitative estimate of drug-likeness (QED) is 0.486. The van der Waals surface area contributed by atoms with Crippen LogP contribution in [0, 0.1) is 0 Å². The molecule has 0 saturated carbocycles. The van der Waals surface area contributed by atoms with Gasteiger partial charge < -0.3 is 33.9 Å². The third kappa shape index (κ3) is 7.65. The van der Waals surface area contributed by atoms with Crippen molar-refractivity contribution in [1.29, 1.82) is 0 Å². The maximum Gasteiger partial charge on any atom is 0.414 e. The Labute approximate surface area is 210 Å². The fourth-order valence-electron chi connectivity index (χ4n) is 3.86. The second-order valence-corrected chi connectivity index (χ2v) is 7.83. The number of carboxylic acid groups (broad SMARTS) is 2. The van der Waals surface area contributed by atoms with Crippen molar-refractivity contribution in [2.24, 2.45) is 0 Å². The van der Waals surface area contributed by atoms with Gasteiger partial charge in [0.2, 0.25) is 5.75 Å². The van der Waals surface area contributed by atoms with Gasteiger partial charge in [-0.15, -0.1) is 0 Å². The molecule has 11 heteroatoms. The molecule has 0 atom stereocenters. The lowest BCUT2D eigenvalue weighted by atomic mass is 10.1. The van der Waals surface area contributed by atoms with Crippen molar-refractivity contribution in [1.82, 2.24) is 9.80 Å². The van der Waals surface area contributed by atoms with Gasteiger partial charge in [-0.2, -0.15) is 0 Å². The van der Waals surface area contributed by atoms with E-state index in [9.17, 15) is 0 Å². The lowest BCUT2D eigenvalue weighted by Crippen LogP contribution is -2.45. The fourth-order valence-corrected chi connectivity index (χ4v) is 3.86. The first-order chi connectivity index (χ1) is 17.3. The highest BCUT2D eigenvalue weighted by molar-refractivity contribution is 6.27. The number of aliphatic carboxylic acids is 2. The SMILES string of the molecule is COc1ccc(CN2CCN(Cc3ccc(OC)c(OC)c3OC)CC2)c(OC)c1.O=C(O)C(=O)O. The molecule has 0 radical (unpaired) electrons. The van der Waals surface area contributed by atoms with Gasteiger partial charge >= 0.3 is 11.9 Å². The van der Waals surface area contributed by atoms with Crippen LogP contribution in [0.3, 0.4) is 0 Å². The molecule has 11 nitrogen and oxygen atoms in total. The Bertz CT molecular complexity index is 1010. The summed E-state index contributed by atoms with van der Waals surface area (Å²) in [7, 11) is 8.30. The minimum atomic E-state index is -1.82. The van der Waals surface area contributed by atoms with E-state index in [1.54, 1.807) is 35.5 Å². The predicted molar refractivity (Wildman–Crippen MR) is 131 cm³/mol. The fraction of sp³-hybridized carbons (Fsp3) is 0.440. The number of carbonyl (C=O) groups is 2. The Morgan fingerprint density at radius 1 is 0.667 bits per heavy atom. The molecule has 2 N–H and O–H groups in total. The van der Waals surface area contributed by atoms with Crippen LogP contribution in [0.25, 0.3) is 0 Å². The van der Waals surface area contributed by atoms with E-state index < -0.39 is 11.9 Å². The molecule has 2 aromatic carbocycles. The standard InChI is InChI=1S/C23H32N2O5.C2H2O4/c1-26-19-8-6-17(21(14-19)28-3)15-24-10-12-25(13-11-24)16-18-7-9-20(27-2)23(30-5)22(18)29-4;3-1(4)2(5)6/h6-9,14H,10-13,15-16H2,1-5H3;(H,3,4)(H,5,6). The molecule has 36 heavy (non-hydrogen) atoms. The molecular formula is C25H34N2O9. The van der Waals surface area contributed by atoms with Gasteiger partial charge in [0, 0.05) is 56.5 Å². The number of benzene rings is 2. The summed E-state index contributed by atoms with van der Waals surface area (Å²) in [6.07, 6.45) is 0. The van der Waals surface area contributed by atoms with Crippen molar-refractivity contribution in [3.63, 3.8) is 0 Å². The number of nitrogens with zero attached hydrogens (tertiary/aromatic N) is 2. The van der Waals surface area contributed by atoms with Crippen molar-refractivity contribution >= 4 is 11.9 Å². The molecule has 1 aliphatic rings. The van der Waals surface area contributed by atoms with Gasteiger partial charge in [0.1, 0.15) is 11.5 Å². The molecule has 1 saturated heterocycles. The Hall–Kier alpha value is -3.70. The second-order valence-electron chi connectivity index (χ2n) is 7.83. The van der Waals surface area contributed by atoms with Gasteiger partial charge in [0.25, 0.3) is 0 Å². The lowest BCUT2D eigenvalue weighted by Gasteiger charge is -2.35. The summed E-state index contributed by atoms with van der Waals surface area (Å²) in [5.74, 6) is 0.0856. The van der Waals surface area contributed by atoms with E-state index in [1.807, 2.05) is 18.2 Å². The van der Waals surface area contributed by atoms with Crippen molar-refractivity contribution in [2.75, 3.05) is 61.7 Å². The van der Waals surface area contributed by atoms with Crippen LogP contribution >= 0.6 is 0 Å². The Kier molecular flexibility index (Phi) is 11.1. The maximum absolute atomic E-state index is 9.10. The van der Waals surface area contributed by atoms with E-state index in [1.165, 1.54) is 5.56 Å². The third-order valence-electron chi connectivity index (χ3n) is 5.72. The molecule has 0 spiro atoms. The highest BCUT2D eigenvalue weighted by Crippen LogP contribution is 2.40. The van der Waals surface area contributed by atoms with E-state index >= 15 is 0 Å². The van der Waals surface area contributed by atoms with Gasteiger partial charge in [0.15, 0.2) is 11.5 Å². The molecule has 0 amide bonds. The average Bonchev–Trinajstić information content (AvgIpc) is 2.89. The van der Waals surface area contributed by atoms with Crippen molar-refractivity contribution in [3.8, 4) is 28.7 Å². The molecule has 1 aliphatic heterocycles. The summed E-state index contributed by atoms with van der Waals surface area (Å²) in [6, 6.07) is 9.99. The number of piperazine rings is 1. The number of rotatable bonds is 9. The molecular weight excluding hydrogens is 472 g/mol. The average molecular weight is 507 g/mol. The number of hydrogen-bond donors (Lipinski definition) is 2. The van der Waals surface area contributed by atoms with Crippen LogP contribution in [-0.2, 0) is 22.7 Å². The molecule has 1 heterocycles. The first kappa shape index (κ1) is 28.5. The van der Waals surface area contributed by atoms with Crippen LogP contribution in [0.5, 0.6) is 28.7 Å². The summed E-state index contributed by atoms with van der Waals surface area (Å²) in [5, 5.41) is 14.8. The van der Waals surface area contributed by atoms with E-state index in [-0.39, 0.29) is 0 Å². The van der Waals surface area contributed by atoms with Gasteiger partial charge in [-0.1, -0.05) is 12.1 Å². The highest BCUT2D eigenvalue weighted by Gasteiger charge is 2.22. The minimum Gasteiger partial charge on any atom is -0.497 e. The minimum absolute atomic E-state index is 0.641. The van der Waals surface area contributed by atoms with Gasteiger partial charge in [-0.05, 0) is 12.1 Å². The van der Waals surface area contributed by atoms with Crippen LogP contribution in [0.1, 0.15) is 11.1 Å². The molecule has 2 aromatic rings. The van der Waals surface area contributed by atoms with E-state index in [0.717, 1.165) is 62.1 Å². The third-order valence-corrected chi connectivity index (χ3v) is 5.72. The smallest absolute Gasteiger partial charge is 0.414 e. The summed E-state index contributed by atoms with van der Waals surface area (Å²) >= 11 is 0. The van der Waals surface area contributed by atoms with Gasteiger partial charge in [0.05, 0.1) is 35.5 Å². The molecule has 0 unspecified atom stereocenters. The topological polar surface area (TPSA) is 127 Å². The lowest BCUT2D eigenvalue weighted by molar-refractivity contribution is -0.159. The molecule has 0 bridgehead atoms. The zero-order valence-corrected chi connectivity index (χ0v) is 21.3. The number of hydrogen-bond acceptors (Lipinski definition) is 9. The van der Waals surface area contributed by atoms with Crippen LogP contribution in [-0.4, -0.2) is 93.7 Å². The van der Waals surface area contributed by atoms with E-state index in [4.69, 9.17) is 43.5 Å². The normalized spacial score (nSPS) is 13.7. The van der Waals surface area contributed by atoms with Crippen LogP contribution in [0.15, 0.2) is 30.3 Å². The zero-order chi connectivity index (χ0) is 26.7.